The Hall–Kier alpha value is -2.38. The maximum Gasteiger partial charge on any atom is 0.0845 e. The minimum absolute atomic E-state index is 0.0402. The number of rotatable bonds is 9. The van der Waals surface area contributed by atoms with Crippen molar-refractivity contribution in [3.05, 3.63) is 114 Å². The molecule has 1 heteroatoms. The molecule has 3 aromatic carbocycles. The zero-order valence-electron chi connectivity index (χ0n) is 34.3. The quantitative estimate of drug-likeness (QED) is 0.153. The lowest BCUT2D eigenvalue weighted by Crippen LogP contribution is -2.49. The van der Waals surface area contributed by atoms with Gasteiger partial charge in [-0.1, -0.05) is 156 Å². The van der Waals surface area contributed by atoms with Crippen LogP contribution in [-0.4, -0.2) is 8.07 Å². The van der Waals surface area contributed by atoms with Crippen LogP contribution in [0.15, 0.2) is 103 Å². The summed E-state index contributed by atoms with van der Waals surface area (Å²) in [6.45, 7) is 25.2. The molecule has 4 aliphatic carbocycles. The Labute approximate surface area is 320 Å². The van der Waals surface area contributed by atoms with Crippen LogP contribution in [0.1, 0.15) is 117 Å². The number of fused-ring (bicyclic) bond motifs is 3. The van der Waals surface area contributed by atoms with Gasteiger partial charge in [0.2, 0.25) is 0 Å². The Bertz CT molecular complexity index is 1540. The Balaban J connectivity index is 1.31. The predicted molar refractivity (Wildman–Crippen MR) is 228 cm³/mol. The molecular weight excluding hydrogens is 641 g/mol. The summed E-state index contributed by atoms with van der Waals surface area (Å²) < 4.78 is 0. The van der Waals surface area contributed by atoms with Gasteiger partial charge in [-0.25, -0.2) is 0 Å². The molecule has 0 radical (unpaired) electrons. The Kier molecular flexibility index (Phi) is 10.7. The van der Waals surface area contributed by atoms with Crippen molar-refractivity contribution in [3.8, 4) is 0 Å². The van der Waals surface area contributed by atoms with Crippen molar-refractivity contribution in [1.82, 2.24) is 0 Å². The molecule has 0 N–H and O–H groups in total. The second kappa shape index (κ2) is 14.7. The van der Waals surface area contributed by atoms with Crippen LogP contribution in [0, 0.1) is 64.1 Å². The monoisotopic (exact) mass is 713 g/mol. The van der Waals surface area contributed by atoms with Crippen molar-refractivity contribution in [1.29, 1.82) is 0 Å². The minimum atomic E-state index is -1.58. The van der Waals surface area contributed by atoms with E-state index >= 15 is 0 Å². The van der Waals surface area contributed by atoms with E-state index in [2.05, 4.69) is 146 Å². The highest BCUT2D eigenvalue weighted by Gasteiger charge is 2.63. The van der Waals surface area contributed by atoms with Gasteiger partial charge in [-0.2, -0.15) is 0 Å². The number of benzene rings is 3. The van der Waals surface area contributed by atoms with Gasteiger partial charge in [-0.15, -0.1) is 6.58 Å². The van der Waals surface area contributed by atoms with Crippen LogP contribution in [0.3, 0.4) is 0 Å². The van der Waals surface area contributed by atoms with Crippen LogP contribution >= 0.6 is 0 Å². The van der Waals surface area contributed by atoms with Gasteiger partial charge in [0, 0.05) is 5.41 Å². The highest BCUT2D eigenvalue weighted by molar-refractivity contribution is 6.90. The van der Waals surface area contributed by atoms with Gasteiger partial charge in [-0.3, -0.25) is 0 Å². The third kappa shape index (κ3) is 7.23. The van der Waals surface area contributed by atoms with Crippen LogP contribution in [0.25, 0.3) is 0 Å². The second-order valence-corrected chi connectivity index (χ2v) is 26.0. The molecule has 8 atom stereocenters. The topological polar surface area (TPSA) is 0 Å². The average Bonchev–Trinajstić information content (AvgIpc) is 3.71. The lowest BCUT2D eigenvalue weighted by molar-refractivity contribution is 0.0421. The minimum Gasteiger partial charge on any atom is -0.100 e. The first-order chi connectivity index (χ1) is 24.7. The van der Waals surface area contributed by atoms with Crippen LogP contribution in [0.5, 0.6) is 0 Å². The molecule has 0 bridgehead atoms. The van der Waals surface area contributed by atoms with E-state index in [1.54, 1.807) is 16.3 Å². The van der Waals surface area contributed by atoms with Gasteiger partial charge in [0.15, 0.2) is 0 Å². The highest BCUT2D eigenvalue weighted by Crippen LogP contribution is 2.69. The van der Waals surface area contributed by atoms with Gasteiger partial charge in [-0.05, 0) is 145 Å². The number of hydrogen-bond donors (Lipinski definition) is 0. The van der Waals surface area contributed by atoms with Crippen LogP contribution < -0.4 is 5.19 Å². The Morgan fingerprint density at radius 1 is 0.558 bits per heavy atom. The molecule has 0 nitrogen and oxygen atoms in total. The summed E-state index contributed by atoms with van der Waals surface area (Å²) in [6.07, 6.45) is 13.9. The first-order valence-electron chi connectivity index (χ1n) is 21.5. The van der Waals surface area contributed by atoms with Crippen molar-refractivity contribution < 1.29 is 0 Å². The molecule has 0 aromatic heterocycles. The molecule has 0 aliphatic heterocycles. The van der Waals surface area contributed by atoms with Crippen LogP contribution in [0.2, 0.25) is 19.1 Å². The summed E-state index contributed by atoms with van der Waals surface area (Å²) in [5, 5.41) is 1.57. The summed E-state index contributed by atoms with van der Waals surface area (Å²) in [5.74, 6) is 7.11. The third-order valence-corrected chi connectivity index (χ3v) is 19.2. The van der Waals surface area contributed by atoms with Gasteiger partial charge in [0.1, 0.15) is 0 Å². The third-order valence-electron chi connectivity index (χ3n) is 15.9. The van der Waals surface area contributed by atoms with Crippen molar-refractivity contribution in [2.24, 2.45) is 64.1 Å². The molecule has 0 spiro atoms. The first kappa shape index (κ1) is 37.9. The molecule has 0 amide bonds. The van der Waals surface area contributed by atoms with E-state index in [0.29, 0.717) is 22.7 Å². The van der Waals surface area contributed by atoms with E-state index in [1.807, 2.05) is 0 Å². The fourth-order valence-electron chi connectivity index (χ4n) is 13.4. The number of allylic oxidation sites excluding steroid dienone is 1. The summed E-state index contributed by atoms with van der Waals surface area (Å²) in [6, 6.07) is 36.9. The summed E-state index contributed by atoms with van der Waals surface area (Å²) in [4.78, 5) is 0. The summed E-state index contributed by atoms with van der Waals surface area (Å²) >= 11 is 0. The zero-order chi connectivity index (χ0) is 36.9. The molecule has 52 heavy (non-hydrogen) atoms. The highest BCUT2D eigenvalue weighted by atomic mass is 28.3. The molecule has 3 aromatic rings. The van der Waals surface area contributed by atoms with Crippen LogP contribution in [-0.2, 0) is 5.41 Å². The van der Waals surface area contributed by atoms with E-state index in [4.69, 9.17) is 6.58 Å². The summed E-state index contributed by atoms with van der Waals surface area (Å²) in [5.41, 5.74) is 5.55. The Morgan fingerprint density at radius 2 is 1.00 bits per heavy atom. The average molecular weight is 713 g/mol. The van der Waals surface area contributed by atoms with E-state index in [9.17, 15) is 0 Å². The normalized spacial score (nSPS) is 31.2. The molecule has 4 saturated carbocycles. The SMILES string of the molecule is C=C(CC1CCC(C(c2ccccc2)(c2ccccc2)C2C3CC(C(C)(C)C)CCC3C3CCC(C(C)(C)C)CC32)C1)C[Si](C)(C)c1ccccc1. The number of hydrogen-bond acceptors (Lipinski definition) is 0. The van der Waals surface area contributed by atoms with Crippen molar-refractivity contribution >= 4 is 13.3 Å². The second-order valence-electron chi connectivity index (χ2n) is 21.3. The first-order valence-corrected chi connectivity index (χ1v) is 24.7. The fourth-order valence-corrected chi connectivity index (χ4v) is 16.1. The van der Waals surface area contributed by atoms with Gasteiger partial charge in [0.25, 0.3) is 0 Å². The van der Waals surface area contributed by atoms with Crippen molar-refractivity contribution in [2.75, 3.05) is 0 Å². The molecule has 4 aliphatic rings. The molecule has 0 heterocycles. The molecule has 7 rings (SSSR count). The predicted octanol–water partition coefficient (Wildman–Crippen LogP) is 13.7. The van der Waals surface area contributed by atoms with Gasteiger partial charge >= 0.3 is 0 Å². The smallest absolute Gasteiger partial charge is 0.0845 e. The summed E-state index contributed by atoms with van der Waals surface area (Å²) in [7, 11) is -1.58. The van der Waals surface area contributed by atoms with Crippen LogP contribution in [0.4, 0.5) is 0 Å². The lowest BCUT2D eigenvalue weighted by Gasteiger charge is -2.53. The van der Waals surface area contributed by atoms with Crippen molar-refractivity contribution in [2.45, 2.75) is 130 Å². The fraction of sp³-hybridized carbons (Fsp3) is 0.608. The van der Waals surface area contributed by atoms with Gasteiger partial charge in [0.05, 0.1) is 8.07 Å². The molecule has 0 saturated heterocycles. The maximum atomic E-state index is 4.82. The van der Waals surface area contributed by atoms with E-state index in [0.717, 1.165) is 41.4 Å². The van der Waals surface area contributed by atoms with E-state index in [-0.39, 0.29) is 5.41 Å². The molecule has 280 valence electrons. The zero-order valence-corrected chi connectivity index (χ0v) is 35.3. The standard InChI is InChI=1S/C51H72Si/c1-36(35-52(8,9)43-23-17-12-18-24-43)31-37-25-26-42(32-37)51(38-19-13-10-14-20-38,39-21-15-11-16-22-39)48-46-33-40(49(2,3)4)27-29-44(46)45-30-28-41(34-47(45)48)50(5,6)7/h10-24,37,40-42,44-48H,1,25-35H2,2-9H3. The van der Waals surface area contributed by atoms with Gasteiger partial charge < -0.3 is 0 Å². The molecule has 8 unspecified atom stereocenters. The van der Waals surface area contributed by atoms with E-state index < -0.39 is 8.07 Å². The van der Waals surface area contributed by atoms with E-state index in [1.165, 1.54) is 75.8 Å². The molecular formula is C51H72Si. The van der Waals surface area contributed by atoms with Crippen molar-refractivity contribution in [3.63, 3.8) is 0 Å². The maximum absolute atomic E-state index is 4.82. The molecule has 4 fully saturated rings. The Morgan fingerprint density at radius 3 is 1.46 bits per heavy atom. The largest absolute Gasteiger partial charge is 0.100 e. The lowest BCUT2D eigenvalue weighted by atomic mass is 9.50.